The topological polar surface area (TPSA) is 33.3 Å². The van der Waals surface area contributed by atoms with Crippen molar-refractivity contribution in [2.24, 2.45) is 0 Å². The van der Waals surface area contributed by atoms with Crippen LogP contribution in [0, 0.1) is 0 Å². The van der Waals surface area contributed by atoms with Crippen LogP contribution in [-0.4, -0.2) is 25.7 Å². The van der Waals surface area contributed by atoms with Gasteiger partial charge in [0, 0.05) is 19.1 Å². The third-order valence-corrected chi connectivity index (χ3v) is 1.99. The summed E-state index contributed by atoms with van der Waals surface area (Å²) in [6.45, 7) is 8.57. The first-order valence-electron chi connectivity index (χ1n) is 4.57. The normalized spacial score (nSPS) is 23.4. The molecule has 3 nitrogen and oxygen atoms in total. The highest BCUT2D eigenvalue weighted by Gasteiger charge is 2.15. The van der Waals surface area contributed by atoms with Gasteiger partial charge in [0.15, 0.2) is 0 Å². The fourth-order valence-corrected chi connectivity index (χ4v) is 1.36. The molecule has 1 aliphatic heterocycles. The quantitative estimate of drug-likeness (QED) is 0.364. The second kappa shape index (κ2) is 5.30. The molecule has 1 fully saturated rings. The largest absolute Gasteiger partial charge is 0.310 e. The van der Waals surface area contributed by atoms with Crippen molar-refractivity contribution in [3.63, 3.8) is 0 Å². The second-order valence-corrected chi connectivity index (χ2v) is 3.17. The molecule has 0 aromatic rings. The summed E-state index contributed by atoms with van der Waals surface area (Å²) in [5.41, 5.74) is 4.14. The van der Waals surface area contributed by atoms with Crippen molar-refractivity contribution in [3.05, 3.63) is 12.2 Å². The SMILES string of the molecule is C=C1CNC(CCONCC)C1. The Hall–Kier alpha value is -0.380. The van der Waals surface area contributed by atoms with Gasteiger partial charge in [-0.2, -0.15) is 0 Å². The van der Waals surface area contributed by atoms with Crippen LogP contribution in [0.25, 0.3) is 0 Å². The fraction of sp³-hybridized carbons (Fsp3) is 0.778. The third-order valence-electron chi connectivity index (χ3n) is 1.99. The minimum Gasteiger partial charge on any atom is -0.310 e. The van der Waals surface area contributed by atoms with E-state index < -0.39 is 0 Å². The maximum Gasteiger partial charge on any atom is 0.0697 e. The Bertz CT molecular complexity index is 147. The molecule has 3 heteroatoms. The van der Waals surface area contributed by atoms with Crippen molar-refractivity contribution < 1.29 is 4.84 Å². The van der Waals surface area contributed by atoms with Gasteiger partial charge in [0.25, 0.3) is 0 Å². The molecule has 1 atom stereocenters. The van der Waals surface area contributed by atoms with Gasteiger partial charge < -0.3 is 10.2 Å². The number of nitrogens with one attached hydrogen (secondary N) is 2. The van der Waals surface area contributed by atoms with Gasteiger partial charge in [-0.1, -0.05) is 19.1 Å². The van der Waals surface area contributed by atoms with Crippen LogP contribution in [-0.2, 0) is 4.84 Å². The van der Waals surface area contributed by atoms with Crippen LogP contribution < -0.4 is 10.8 Å². The maximum atomic E-state index is 5.16. The lowest BCUT2D eigenvalue weighted by atomic mass is 10.1. The summed E-state index contributed by atoms with van der Waals surface area (Å²) < 4.78 is 0. The third kappa shape index (κ3) is 3.34. The maximum absolute atomic E-state index is 5.16. The van der Waals surface area contributed by atoms with Crippen LogP contribution >= 0.6 is 0 Å². The average molecular weight is 170 g/mol. The molecule has 2 N–H and O–H groups in total. The summed E-state index contributed by atoms with van der Waals surface area (Å²) in [7, 11) is 0. The van der Waals surface area contributed by atoms with Crippen LogP contribution in [0.1, 0.15) is 19.8 Å². The number of hydrogen-bond acceptors (Lipinski definition) is 3. The molecule has 1 aliphatic rings. The molecule has 0 radical (unpaired) electrons. The van der Waals surface area contributed by atoms with Gasteiger partial charge in [-0.25, -0.2) is 5.48 Å². The van der Waals surface area contributed by atoms with Crippen molar-refractivity contribution in [1.82, 2.24) is 10.8 Å². The molecule has 1 unspecified atom stereocenters. The highest BCUT2D eigenvalue weighted by Crippen LogP contribution is 2.12. The first-order chi connectivity index (χ1) is 5.83. The molecule has 12 heavy (non-hydrogen) atoms. The Kier molecular flexibility index (Phi) is 4.29. The van der Waals surface area contributed by atoms with Crippen molar-refractivity contribution in [2.45, 2.75) is 25.8 Å². The van der Waals surface area contributed by atoms with Gasteiger partial charge in [-0.05, 0) is 12.8 Å². The molecular weight excluding hydrogens is 152 g/mol. The summed E-state index contributed by atoms with van der Waals surface area (Å²) in [5, 5.41) is 3.38. The number of hydrogen-bond donors (Lipinski definition) is 2. The zero-order valence-electron chi connectivity index (χ0n) is 7.73. The van der Waals surface area contributed by atoms with E-state index in [0.717, 1.165) is 32.5 Å². The van der Waals surface area contributed by atoms with Crippen molar-refractivity contribution >= 4 is 0 Å². The zero-order chi connectivity index (χ0) is 8.81. The standard InChI is InChI=1S/C9H18N2O/c1-3-11-12-5-4-9-6-8(2)7-10-9/h9-11H,2-7H2,1H3. The van der Waals surface area contributed by atoms with E-state index in [1.54, 1.807) is 0 Å². The lowest BCUT2D eigenvalue weighted by Crippen LogP contribution is -2.25. The van der Waals surface area contributed by atoms with Crippen molar-refractivity contribution in [3.8, 4) is 0 Å². The molecule has 70 valence electrons. The van der Waals surface area contributed by atoms with E-state index in [0.29, 0.717) is 6.04 Å². The summed E-state index contributed by atoms with van der Waals surface area (Å²) >= 11 is 0. The lowest BCUT2D eigenvalue weighted by molar-refractivity contribution is 0.0394. The van der Waals surface area contributed by atoms with Crippen LogP contribution in [0.5, 0.6) is 0 Å². The highest BCUT2D eigenvalue weighted by atomic mass is 16.6. The Labute approximate surface area is 74.1 Å². The number of rotatable bonds is 5. The second-order valence-electron chi connectivity index (χ2n) is 3.17. The van der Waals surface area contributed by atoms with Crippen molar-refractivity contribution in [2.75, 3.05) is 19.7 Å². The van der Waals surface area contributed by atoms with Gasteiger partial charge in [0.05, 0.1) is 6.61 Å². The fourth-order valence-electron chi connectivity index (χ4n) is 1.36. The van der Waals surface area contributed by atoms with E-state index in [2.05, 4.69) is 17.4 Å². The predicted molar refractivity (Wildman–Crippen MR) is 49.8 cm³/mol. The molecular formula is C9H18N2O. The molecule has 0 spiro atoms. The Morgan fingerprint density at radius 2 is 2.58 bits per heavy atom. The molecule has 0 aliphatic carbocycles. The molecule has 0 aromatic heterocycles. The van der Waals surface area contributed by atoms with Gasteiger partial charge in [-0.3, -0.25) is 0 Å². The molecule has 0 bridgehead atoms. The van der Waals surface area contributed by atoms with E-state index in [4.69, 9.17) is 4.84 Å². The molecule has 0 saturated carbocycles. The molecule has 0 amide bonds. The molecule has 1 saturated heterocycles. The van der Waals surface area contributed by atoms with Gasteiger partial charge in [-0.15, -0.1) is 0 Å². The molecule has 0 aromatic carbocycles. The van der Waals surface area contributed by atoms with E-state index in [-0.39, 0.29) is 0 Å². The van der Waals surface area contributed by atoms with E-state index in [1.165, 1.54) is 5.57 Å². The summed E-state index contributed by atoms with van der Waals surface area (Å²) in [6, 6.07) is 0.580. The highest BCUT2D eigenvalue weighted by molar-refractivity contribution is 5.06. The first kappa shape index (κ1) is 9.71. The van der Waals surface area contributed by atoms with E-state index in [9.17, 15) is 0 Å². The zero-order valence-corrected chi connectivity index (χ0v) is 7.73. The number of hydroxylamine groups is 1. The Morgan fingerprint density at radius 1 is 1.75 bits per heavy atom. The summed E-state index contributed by atoms with van der Waals surface area (Å²) in [5.74, 6) is 0. The Balaban J connectivity index is 1.97. The minimum absolute atomic E-state index is 0.580. The summed E-state index contributed by atoms with van der Waals surface area (Å²) in [6.07, 6.45) is 2.17. The van der Waals surface area contributed by atoms with Gasteiger partial charge in [0.1, 0.15) is 0 Å². The van der Waals surface area contributed by atoms with Crippen LogP contribution in [0.2, 0.25) is 0 Å². The monoisotopic (exact) mass is 170 g/mol. The van der Waals surface area contributed by atoms with Crippen LogP contribution in [0.15, 0.2) is 12.2 Å². The van der Waals surface area contributed by atoms with Gasteiger partial charge in [0.2, 0.25) is 0 Å². The predicted octanol–water partition coefficient (Wildman–Crippen LogP) is 0.836. The van der Waals surface area contributed by atoms with E-state index in [1.807, 2.05) is 6.92 Å². The molecule has 1 rings (SSSR count). The first-order valence-corrected chi connectivity index (χ1v) is 4.57. The van der Waals surface area contributed by atoms with E-state index >= 15 is 0 Å². The van der Waals surface area contributed by atoms with Crippen molar-refractivity contribution in [1.29, 1.82) is 0 Å². The molecule has 1 heterocycles. The lowest BCUT2D eigenvalue weighted by Gasteiger charge is -2.09. The average Bonchev–Trinajstić information content (AvgIpc) is 2.45. The summed E-state index contributed by atoms with van der Waals surface area (Å²) in [4.78, 5) is 5.16. The smallest absolute Gasteiger partial charge is 0.0697 e. The van der Waals surface area contributed by atoms with Crippen LogP contribution in [0.4, 0.5) is 0 Å². The minimum atomic E-state index is 0.580. The Morgan fingerprint density at radius 3 is 3.17 bits per heavy atom. The van der Waals surface area contributed by atoms with Crippen LogP contribution in [0.3, 0.4) is 0 Å². The van der Waals surface area contributed by atoms with Gasteiger partial charge >= 0.3 is 0 Å².